The second-order valence-corrected chi connectivity index (χ2v) is 7.52. The number of aromatic nitrogens is 3. The smallest absolute Gasteiger partial charge is 0.306 e. The number of rotatable bonds is 5. The molecule has 0 amide bonds. The van der Waals surface area contributed by atoms with Crippen molar-refractivity contribution in [2.24, 2.45) is 7.05 Å². The zero-order chi connectivity index (χ0) is 20.5. The minimum absolute atomic E-state index is 0.0168. The number of alkyl halides is 3. The molecule has 3 aromatic rings. The zero-order valence-corrected chi connectivity index (χ0v) is 15.2. The molecule has 0 saturated heterocycles. The van der Waals surface area contributed by atoms with Gasteiger partial charge in [0, 0.05) is 36.8 Å². The summed E-state index contributed by atoms with van der Waals surface area (Å²) < 4.78 is 67.6. The molecule has 2 N–H and O–H groups in total. The number of hydrogen-bond donors (Lipinski definition) is 2. The molecule has 0 bridgehead atoms. The highest BCUT2D eigenvalue weighted by atomic mass is 32.2. The first-order valence-electron chi connectivity index (χ1n) is 7.80. The van der Waals surface area contributed by atoms with Crippen LogP contribution in [0, 0.1) is 5.41 Å². The number of pyridine rings is 1. The molecule has 0 aliphatic rings. The van der Waals surface area contributed by atoms with Crippen molar-refractivity contribution in [2.75, 3.05) is 4.72 Å². The minimum Gasteiger partial charge on any atom is -0.306 e. The molecule has 0 radical (unpaired) electrons. The van der Waals surface area contributed by atoms with Crippen molar-refractivity contribution >= 4 is 21.9 Å². The van der Waals surface area contributed by atoms with Crippen LogP contribution in [0.15, 0.2) is 53.8 Å². The molecule has 0 aliphatic carbocycles. The molecule has 11 heteroatoms. The molecule has 3 rings (SSSR count). The van der Waals surface area contributed by atoms with E-state index in [1.807, 2.05) is 0 Å². The fourth-order valence-electron chi connectivity index (χ4n) is 2.44. The number of nitrogens with zero attached hydrogens (tertiary/aromatic N) is 3. The Bertz CT molecular complexity index is 1140. The third kappa shape index (κ3) is 4.03. The molecule has 0 fully saturated rings. The van der Waals surface area contributed by atoms with Crippen molar-refractivity contribution in [3.05, 3.63) is 60.2 Å². The van der Waals surface area contributed by atoms with E-state index in [0.717, 1.165) is 24.4 Å². The predicted molar refractivity (Wildman–Crippen MR) is 96.6 cm³/mol. The molecule has 2 heterocycles. The van der Waals surface area contributed by atoms with Crippen molar-refractivity contribution in [3.63, 3.8) is 0 Å². The lowest BCUT2D eigenvalue weighted by atomic mass is 10.1. The number of halogens is 3. The van der Waals surface area contributed by atoms with E-state index in [1.165, 1.54) is 12.3 Å². The maximum atomic E-state index is 12.9. The number of aryl methyl sites for hydroxylation is 1. The summed E-state index contributed by atoms with van der Waals surface area (Å²) in [5.74, 6) is 0. The largest absolute Gasteiger partial charge is 0.416 e. The second-order valence-electron chi connectivity index (χ2n) is 5.83. The van der Waals surface area contributed by atoms with Crippen molar-refractivity contribution in [2.45, 2.75) is 11.1 Å². The van der Waals surface area contributed by atoms with E-state index in [-0.39, 0.29) is 11.4 Å². The second kappa shape index (κ2) is 7.08. The van der Waals surface area contributed by atoms with Gasteiger partial charge in [0.25, 0.3) is 10.0 Å². The van der Waals surface area contributed by atoms with Gasteiger partial charge in [-0.1, -0.05) is 6.07 Å². The number of nitrogens with one attached hydrogen (secondary N) is 2. The third-order valence-corrected chi connectivity index (χ3v) is 5.17. The fraction of sp³-hybridized carbons (Fsp3) is 0.118. The Hall–Kier alpha value is -3.21. The molecule has 2 aromatic heterocycles. The third-order valence-electron chi connectivity index (χ3n) is 3.81. The van der Waals surface area contributed by atoms with E-state index < -0.39 is 26.7 Å². The fourth-order valence-corrected chi connectivity index (χ4v) is 3.55. The summed E-state index contributed by atoms with van der Waals surface area (Å²) >= 11 is 0. The monoisotopic (exact) mass is 409 g/mol. The maximum Gasteiger partial charge on any atom is 0.416 e. The topological polar surface area (TPSA) is 101 Å². The van der Waals surface area contributed by atoms with E-state index in [2.05, 4.69) is 14.8 Å². The molecule has 0 aliphatic heterocycles. The van der Waals surface area contributed by atoms with Gasteiger partial charge in [0.2, 0.25) is 0 Å². The van der Waals surface area contributed by atoms with Crippen molar-refractivity contribution in [3.8, 4) is 11.1 Å². The van der Waals surface area contributed by atoms with Gasteiger partial charge in [-0.05, 0) is 24.3 Å². The SMILES string of the molecule is Cn1cc(-c2cnc(C=N)c(NS(=O)(=O)c3cccc(C(F)(F)F)c3)c2)cn1. The average Bonchev–Trinajstić information content (AvgIpc) is 3.07. The van der Waals surface area contributed by atoms with E-state index in [4.69, 9.17) is 5.41 Å². The first-order chi connectivity index (χ1) is 13.1. The van der Waals surface area contributed by atoms with Crippen LogP contribution in [0.5, 0.6) is 0 Å². The lowest BCUT2D eigenvalue weighted by molar-refractivity contribution is -0.137. The molecule has 146 valence electrons. The predicted octanol–water partition coefficient (Wildman–Crippen LogP) is 3.30. The average molecular weight is 409 g/mol. The lowest BCUT2D eigenvalue weighted by Crippen LogP contribution is -2.16. The summed E-state index contributed by atoms with van der Waals surface area (Å²) in [6, 6.07) is 4.84. The van der Waals surface area contributed by atoms with Gasteiger partial charge < -0.3 is 5.41 Å². The van der Waals surface area contributed by atoms with Gasteiger partial charge in [-0.15, -0.1) is 0 Å². The molecule has 0 unspecified atom stereocenters. The Morgan fingerprint density at radius 2 is 1.93 bits per heavy atom. The van der Waals surface area contributed by atoms with Crippen LogP contribution in [-0.2, 0) is 23.2 Å². The lowest BCUT2D eigenvalue weighted by Gasteiger charge is -2.13. The van der Waals surface area contributed by atoms with Gasteiger partial charge in [-0.3, -0.25) is 14.4 Å². The van der Waals surface area contributed by atoms with Gasteiger partial charge in [0.1, 0.15) is 5.69 Å². The standard InChI is InChI=1S/C17H14F3N5O2S/c1-25-10-12(9-23-25)11-5-15(16(7-21)22-8-11)24-28(26,27)14-4-2-3-13(6-14)17(18,19)20/h2-10,21,24H,1H3. The number of anilines is 1. The molecule has 1 aromatic carbocycles. The number of sulfonamides is 1. The van der Waals surface area contributed by atoms with E-state index in [1.54, 1.807) is 24.1 Å². The van der Waals surface area contributed by atoms with Crippen molar-refractivity contribution in [1.29, 1.82) is 5.41 Å². The molecular formula is C17H14F3N5O2S. The highest BCUT2D eigenvalue weighted by Gasteiger charge is 2.31. The summed E-state index contributed by atoms with van der Waals surface area (Å²) in [4.78, 5) is 3.48. The first kappa shape index (κ1) is 19.5. The highest BCUT2D eigenvalue weighted by molar-refractivity contribution is 7.92. The molecule has 7 nitrogen and oxygen atoms in total. The molecular weight excluding hydrogens is 395 g/mol. The van der Waals surface area contributed by atoms with Gasteiger partial charge >= 0.3 is 6.18 Å². The molecule has 0 atom stereocenters. The van der Waals surface area contributed by atoms with Crippen LogP contribution in [-0.4, -0.2) is 29.4 Å². The van der Waals surface area contributed by atoms with Crippen LogP contribution in [0.4, 0.5) is 18.9 Å². The van der Waals surface area contributed by atoms with Crippen LogP contribution in [0.2, 0.25) is 0 Å². The maximum absolute atomic E-state index is 12.9. The number of hydrogen-bond acceptors (Lipinski definition) is 5. The Morgan fingerprint density at radius 3 is 2.54 bits per heavy atom. The zero-order valence-electron chi connectivity index (χ0n) is 14.4. The Morgan fingerprint density at radius 1 is 1.18 bits per heavy atom. The molecule has 0 spiro atoms. The van der Waals surface area contributed by atoms with Gasteiger partial charge in [0.05, 0.1) is 22.3 Å². The van der Waals surface area contributed by atoms with Crippen LogP contribution < -0.4 is 4.72 Å². The van der Waals surface area contributed by atoms with Crippen LogP contribution in [0.3, 0.4) is 0 Å². The Labute approximate surface area is 158 Å². The normalized spacial score (nSPS) is 12.0. The van der Waals surface area contributed by atoms with Crippen LogP contribution >= 0.6 is 0 Å². The molecule has 28 heavy (non-hydrogen) atoms. The van der Waals surface area contributed by atoms with E-state index in [0.29, 0.717) is 17.2 Å². The summed E-state index contributed by atoms with van der Waals surface area (Å²) in [6.07, 6.45) is 0.849. The van der Waals surface area contributed by atoms with Gasteiger partial charge in [0.15, 0.2) is 0 Å². The first-order valence-corrected chi connectivity index (χ1v) is 9.28. The summed E-state index contributed by atoms with van der Waals surface area (Å²) in [7, 11) is -2.63. The van der Waals surface area contributed by atoms with Crippen molar-refractivity contribution in [1.82, 2.24) is 14.8 Å². The van der Waals surface area contributed by atoms with Gasteiger partial charge in [-0.25, -0.2) is 8.42 Å². The van der Waals surface area contributed by atoms with Crippen molar-refractivity contribution < 1.29 is 21.6 Å². The quantitative estimate of drug-likeness (QED) is 0.632. The summed E-state index contributed by atoms with van der Waals surface area (Å²) in [5.41, 5.74) is 0.0910. The summed E-state index contributed by atoms with van der Waals surface area (Å²) in [6.45, 7) is 0. The summed E-state index contributed by atoms with van der Waals surface area (Å²) in [5, 5.41) is 11.4. The van der Waals surface area contributed by atoms with E-state index in [9.17, 15) is 21.6 Å². The van der Waals surface area contributed by atoms with Crippen LogP contribution in [0.1, 0.15) is 11.3 Å². The number of benzene rings is 1. The Balaban J connectivity index is 2.01. The minimum atomic E-state index is -4.67. The Kier molecular flexibility index (Phi) is 4.94. The molecule has 0 saturated carbocycles. The highest BCUT2D eigenvalue weighted by Crippen LogP contribution is 2.31. The van der Waals surface area contributed by atoms with E-state index >= 15 is 0 Å². The van der Waals surface area contributed by atoms with Gasteiger partial charge in [-0.2, -0.15) is 18.3 Å². The van der Waals surface area contributed by atoms with Crippen LogP contribution in [0.25, 0.3) is 11.1 Å².